The molecule has 0 aliphatic rings. The van der Waals surface area contributed by atoms with E-state index in [1.807, 2.05) is 4.72 Å². The van der Waals surface area contributed by atoms with E-state index in [-0.39, 0.29) is 5.56 Å². The number of halogens is 1. The van der Waals surface area contributed by atoms with Crippen molar-refractivity contribution in [2.75, 3.05) is 13.4 Å². The molecule has 0 aliphatic carbocycles. The lowest BCUT2D eigenvalue weighted by Crippen LogP contribution is -2.29. The molecule has 1 N–H and O–H groups in total. The summed E-state index contributed by atoms with van der Waals surface area (Å²) >= 11 is 5.96. The number of hydrogen-bond donors (Lipinski definition) is 1. The van der Waals surface area contributed by atoms with Crippen LogP contribution in [0.2, 0.25) is 5.02 Å². The van der Waals surface area contributed by atoms with Gasteiger partial charge in [-0.15, -0.1) is 0 Å². The summed E-state index contributed by atoms with van der Waals surface area (Å²) in [5.74, 6) is 0.293. The van der Waals surface area contributed by atoms with Crippen molar-refractivity contribution in [3.8, 4) is 28.5 Å². The number of amides is 1. The topological polar surface area (TPSA) is 107 Å². The van der Waals surface area contributed by atoms with Gasteiger partial charge in [0.15, 0.2) is 0 Å². The monoisotopic (exact) mass is 433 g/mol. The van der Waals surface area contributed by atoms with E-state index >= 15 is 0 Å². The zero-order valence-electron chi connectivity index (χ0n) is 15.4. The summed E-state index contributed by atoms with van der Waals surface area (Å²) in [4.78, 5) is 20.4. The molecule has 2 heterocycles. The number of nitrogens with one attached hydrogen (secondary N) is 1. The van der Waals surface area contributed by atoms with Crippen molar-refractivity contribution in [3.63, 3.8) is 0 Å². The Balaban J connectivity index is 2.11. The Morgan fingerprint density at radius 1 is 1.14 bits per heavy atom. The Bertz CT molecular complexity index is 1170. The number of methoxy groups -OCH3 is 1. The van der Waals surface area contributed by atoms with Crippen molar-refractivity contribution in [3.05, 3.63) is 65.6 Å². The average molecular weight is 434 g/mol. The molecule has 10 heteroatoms. The molecular formula is C19H16ClN3O5S. The molecule has 2 aromatic heterocycles. The van der Waals surface area contributed by atoms with Crippen molar-refractivity contribution in [2.45, 2.75) is 0 Å². The summed E-state index contributed by atoms with van der Waals surface area (Å²) < 4.78 is 36.0. The fourth-order valence-corrected chi connectivity index (χ4v) is 3.15. The van der Waals surface area contributed by atoms with Gasteiger partial charge in [0.05, 0.1) is 24.6 Å². The third kappa shape index (κ3) is 5.21. The number of rotatable bonds is 6. The van der Waals surface area contributed by atoms with Crippen molar-refractivity contribution in [2.24, 2.45) is 0 Å². The van der Waals surface area contributed by atoms with Crippen molar-refractivity contribution < 1.29 is 22.7 Å². The first-order chi connectivity index (χ1) is 13.8. The minimum atomic E-state index is -3.72. The lowest BCUT2D eigenvalue weighted by atomic mass is 10.0. The lowest BCUT2D eigenvalue weighted by Gasteiger charge is -2.15. The number of hydrogen-bond acceptors (Lipinski definition) is 7. The molecule has 0 radical (unpaired) electrons. The zero-order valence-corrected chi connectivity index (χ0v) is 17.0. The molecule has 0 unspecified atom stereocenters. The van der Waals surface area contributed by atoms with Gasteiger partial charge in [-0.1, -0.05) is 11.6 Å². The van der Waals surface area contributed by atoms with E-state index in [0.29, 0.717) is 33.5 Å². The van der Waals surface area contributed by atoms with Gasteiger partial charge in [0.1, 0.15) is 11.5 Å². The number of aromatic nitrogens is 2. The molecule has 0 bridgehead atoms. The van der Waals surface area contributed by atoms with Crippen LogP contribution in [0.25, 0.3) is 11.1 Å². The Hall–Kier alpha value is -3.17. The van der Waals surface area contributed by atoms with E-state index in [1.165, 1.54) is 31.6 Å². The fraction of sp³-hybridized carbons (Fsp3) is 0.105. The maximum absolute atomic E-state index is 12.3. The fourth-order valence-electron chi connectivity index (χ4n) is 2.53. The van der Waals surface area contributed by atoms with Crippen LogP contribution in [0.3, 0.4) is 0 Å². The molecule has 0 atom stereocenters. The maximum atomic E-state index is 12.3. The minimum absolute atomic E-state index is 0.118. The molecule has 1 amide bonds. The molecule has 0 saturated heterocycles. The second-order valence-electron chi connectivity index (χ2n) is 5.92. The number of nitrogens with zero attached hydrogens (tertiary/aromatic N) is 2. The number of pyridine rings is 2. The van der Waals surface area contributed by atoms with Crippen LogP contribution in [0.5, 0.6) is 17.4 Å². The van der Waals surface area contributed by atoms with Crippen LogP contribution in [-0.4, -0.2) is 37.7 Å². The Labute approximate surface area is 172 Å². The van der Waals surface area contributed by atoms with Crippen LogP contribution in [0.1, 0.15) is 10.4 Å². The third-order valence-corrected chi connectivity index (χ3v) is 4.45. The van der Waals surface area contributed by atoms with Gasteiger partial charge in [-0.25, -0.2) is 18.1 Å². The third-order valence-electron chi connectivity index (χ3n) is 3.68. The molecule has 150 valence electrons. The molecular weight excluding hydrogens is 418 g/mol. The largest absolute Gasteiger partial charge is 0.481 e. The maximum Gasteiger partial charge on any atom is 0.264 e. The summed E-state index contributed by atoms with van der Waals surface area (Å²) in [6.45, 7) is 0. The number of benzene rings is 1. The predicted octanol–water partition coefficient (Wildman–Crippen LogP) is 3.29. The quantitative estimate of drug-likeness (QED) is 0.635. The first-order valence-corrected chi connectivity index (χ1v) is 10.5. The smallest absolute Gasteiger partial charge is 0.264 e. The van der Waals surface area contributed by atoms with Crippen molar-refractivity contribution in [1.82, 2.24) is 14.7 Å². The Morgan fingerprint density at radius 3 is 2.62 bits per heavy atom. The van der Waals surface area contributed by atoms with Crippen molar-refractivity contribution in [1.29, 1.82) is 0 Å². The molecule has 8 nitrogen and oxygen atoms in total. The molecule has 29 heavy (non-hydrogen) atoms. The predicted molar refractivity (Wildman–Crippen MR) is 108 cm³/mol. The first kappa shape index (κ1) is 20.6. The zero-order chi connectivity index (χ0) is 21.0. The number of ether oxygens (including phenoxy) is 2. The van der Waals surface area contributed by atoms with Crippen LogP contribution in [0, 0.1) is 0 Å². The van der Waals surface area contributed by atoms with Gasteiger partial charge < -0.3 is 9.47 Å². The van der Waals surface area contributed by atoms with Gasteiger partial charge in [0.2, 0.25) is 15.9 Å². The van der Waals surface area contributed by atoms with Gasteiger partial charge in [0, 0.05) is 35.2 Å². The van der Waals surface area contributed by atoms with Gasteiger partial charge in [-0.2, -0.15) is 0 Å². The van der Waals surface area contributed by atoms with Crippen LogP contribution < -0.4 is 14.2 Å². The molecule has 0 saturated carbocycles. The van der Waals surface area contributed by atoms with Gasteiger partial charge in [-0.3, -0.25) is 9.78 Å². The minimum Gasteiger partial charge on any atom is -0.481 e. The average Bonchev–Trinajstić information content (AvgIpc) is 2.67. The summed E-state index contributed by atoms with van der Waals surface area (Å²) in [5, 5.41) is 0.396. The Morgan fingerprint density at radius 2 is 1.93 bits per heavy atom. The van der Waals surface area contributed by atoms with Gasteiger partial charge in [0.25, 0.3) is 5.91 Å². The van der Waals surface area contributed by atoms with Crippen LogP contribution in [0.15, 0.2) is 55.0 Å². The number of carbonyl (C=O) groups is 1. The van der Waals surface area contributed by atoms with E-state index in [4.69, 9.17) is 21.1 Å². The molecule has 0 spiro atoms. The van der Waals surface area contributed by atoms with Gasteiger partial charge >= 0.3 is 0 Å². The molecule has 1 aromatic carbocycles. The normalized spacial score (nSPS) is 11.0. The molecule has 0 aliphatic heterocycles. The summed E-state index contributed by atoms with van der Waals surface area (Å²) in [6, 6.07) is 9.50. The lowest BCUT2D eigenvalue weighted by molar-refractivity contribution is 0.0981. The van der Waals surface area contributed by atoms with Crippen LogP contribution >= 0.6 is 11.6 Å². The van der Waals surface area contributed by atoms with E-state index < -0.39 is 15.9 Å². The SMILES string of the molecule is COc1ncccc1-c1cc(C(=O)NS(C)(=O)=O)ccc1Oc1cncc(Cl)c1. The van der Waals surface area contributed by atoms with E-state index in [9.17, 15) is 13.2 Å². The standard InChI is InChI=1S/C19H16ClN3O5S/c1-27-19-15(4-3-7-22-19)16-8-12(18(24)23-29(2,25)26)5-6-17(16)28-14-9-13(20)10-21-11-14/h3-11H,1-2H3,(H,23,24). The highest BCUT2D eigenvalue weighted by Crippen LogP contribution is 2.38. The van der Waals surface area contributed by atoms with Crippen molar-refractivity contribution >= 4 is 27.5 Å². The second-order valence-corrected chi connectivity index (χ2v) is 8.10. The highest BCUT2D eigenvalue weighted by molar-refractivity contribution is 7.89. The highest BCUT2D eigenvalue weighted by atomic mass is 35.5. The Kier molecular flexibility index (Phi) is 6.00. The summed E-state index contributed by atoms with van der Waals surface area (Å²) in [7, 11) is -2.25. The number of sulfonamides is 1. The molecule has 0 fully saturated rings. The van der Waals surface area contributed by atoms with E-state index in [2.05, 4.69) is 9.97 Å². The number of carbonyl (C=O) groups excluding carboxylic acids is 1. The van der Waals surface area contributed by atoms with E-state index in [0.717, 1.165) is 6.26 Å². The first-order valence-electron chi connectivity index (χ1n) is 8.21. The summed E-state index contributed by atoms with van der Waals surface area (Å²) in [5.41, 5.74) is 1.14. The van der Waals surface area contributed by atoms with Crippen LogP contribution in [0.4, 0.5) is 0 Å². The highest BCUT2D eigenvalue weighted by Gasteiger charge is 2.18. The van der Waals surface area contributed by atoms with Crippen LogP contribution in [-0.2, 0) is 10.0 Å². The molecule has 3 rings (SSSR count). The van der Waals surface area contributed by atoms with Gasteiger partial charge in [-0.05, 0) is 30.3 Å². The second kappa shape index (κ2) is 8.46. The van der Waals surface area contributed by atoms with E-state index in [1.54, 1.807) is 30.5 Å². The molecule has 3 aromatic rings. The summed E-state index contributed by atoms with van der Waals surface area (Å²) in [6.07, 6.45) is 5.42.